The molecule has 0 rings (SSSR count). The molecule has 0 aromatic rings. The molecule has 0 amide bonds. The molecule has 0 N–H and O–H groups in total. The second kappa shape index (κ2) is 10.6. The Bertz CT molecular complexity index is 162. The van der Waals surface area contributed by atoms with Crippen molar-refractivity contribution in [2.75, 3.05) is 6.61 Å². The average Bonchev–Trinajstić information content (AvgIpc) is 2.17. The van der Waals surface area contributed by atoms with Crippen molar-refractivity contribution in [3.63, 3.8) is 0 Å². The monoisotopic (exact) mass is 236 g/mol. The fourth-order valence-electron chi connectivity index (χ4n) is 1.27. The van der Waals surface area contributed by atoms with E-state index in [2.05, 4.69) is 13.8 Å². The highest BCUT2D eigenvalue weighted by Crippen LogP contribution is 2.05. The quantitative estimate of drug-likeness (QED) is 0.546. The van der Waals surface area contributed by atoms with E-state index in [4.69, 9.17) is 8.37 Å². The molecule has 15 heavy (non-hydrogen) atoms. The second-order valence-corrected chi connectivity index (χ2v) is 4.62. The van der Waals surface area contributed by atoms with Crippen molar-refractivity contribution in [1.82, 2.24) is 0 Å². The highest BCUT2D eigenvalue weighted by molar-refractivity contribution is 7.75. The molecule has 4 heteroatoms. The van der Waals surface area contributed by atoms with Crippen molar-refractivity contribution in [2.45, 2.75) is 65.4 Å². The number of unbranched alkanes of at least 4 members (excludes halogenated alkanes) is 3. The van der Waals surface area contributed by atoms with Crippen LogP contribution in [0, 0.1) is 0 Å². The molecule has 0 heterocycles. The smallest absolute Gasteiger partial charge is 0.268 e. The minimum Gasteiger partial charge on any atom is -0.268 e. The van der Waals surface area contributed by atoms with Gasteiger partial charge in [-0.15, -0.1) is 0 Å². The lowest BCUT2D eigenvalue weighted by molar-refractivity contribution is 0.185. The maximum Gasteiger partial charge on any atom is 0.304 e. The van der Waals surface area contributed by atoms with E-state index in [1.807, 2.05) is 6.92 Å². The highest BCUT2D eigenvalue weighted by Gasteiger charge is 2.07. The van der Waals surface area contributed by atoms with Gasteiger partial charge in [-0.3, -0.25) is 8.37 Å². The molecule has 0 saturated heterocycles. The van der Waals surface area contributed by atoms with E-state index in [1.165, 1.54) is 12.8 Å². The molecule has 0 radical (unpaired) electrons. The van der Waals surface area contributed by atoms with Crippen LogP contribution in [0.3, 0.4) is 0 Å². The summed E-state index contributed by atoms with van der Waals surface area (Å²) in [6.45, 7) is 6.69. The zero-order valence-corrected chi connectivity index (χ0v) is 11.0. The molecular weight excluding hydrogens is 212 g/mol. The van der Waals surface area contributed by atoms with Crippen LogP contribution in [-0.4, -0.2) is 16.9 Å². The van der Waals surface area contributed by atoms with Crippen LogP contribution in [0.4, 0.5) is 0 Å². The number of hydrogen-bond acceptors (Lipinski definition) is 3. The number of hydrogen-bond donors (Lipinski definition) is 0. The standard InChI is InChI=1S/C11H24O3S/c1-4-6-7-8-10-13-15(12)14-11(3)9-5-2/h11H,4-10H2,1-3H3. The molecule has 0 aliphatic carbocycles. The van der Waals surface area contributed by atoms with Crippen LogP contribution in [0.25, 0.3) is 0 Å². The Morgan fingerprint density at radius 3 is 2.47 bits per heavy atom. The summed E-state index contributed by atoms with van der Waals surface area (Å²) >= 11 is -1.56. The highest BCUT2D eigenvalue weighted by atomic mass is 32.2. The van der Waals surface area contributed by atoms with Crippen LogP contribution < -0.4 is 0 Å². The third-order valence-electron chi connectivity index (χ3n) is 2.12. The molecule has 0 fully saturated rings. The topological polar surface area (TPSA) is 35.5 Å². The molecule has 2 unspecified atom stereocenters. The fourth-order valence-corrected chi connectivity index (χ4v) is 1.95. The predicted molar refractivity (Wildman–Crippen MR) is 63.7 cm³/mol. The van der Waals surface area contributed by atoms with Crippen molar-refractivity contribution in [1.29, 1.82) is 0 Å². The van der Waals surface area contributed by atoms with Crippen LogP contribution in [0.15, 0.2) is 0 Å². The van der Waals surface area contributed by atoms with Gasteiger partial charge in [-0.1, -0.05) is 39.5 Å². The molecule has 0 aliphatic rings. The van der Waals surface area contributed by atoms with E-state index in [0.29, 0.717) is 6.61 Å². The van der Waals surface area contributed by atoms with Crippen LogP contribution in [-0.2, 0) is 19.7 Å². The maximum absolute atomic E-state index is 11.2. The fraction of sp³-hybridized carbons (Fsp3) is 1.00. The van der Waals surface area contributed by atoms with Crippen LogP contribution in [0.2, 0.25) is 0 Å². The van der Waals surface area contributed by atoms with Gasteiger partial charge in [-0.2, -0.15) is 4.21 Å². The zero-order valence-electron chi connectivity index (χ0n) is 10.2. The van der Waals surface area contributed by atoms with Gasteiger partial charge >= 0.3 is 11.4 Å². The lowest BCUT2D eigenvalue weighted by Gasteiger charge is -2.09. The van der Waals surface area contributed by atoms with Crippen LogP contribution in [0.5, 0.6) is 0 Å². The second-order valence-electron chi connectivity index (χ2n) is 3.78. The van der Waals surface area contributed by atoms with Gasteiger partial charge in [0, 0.05) is 0 Å². The third-order valence-corrected chi connectivity index (χ3v) is 2.96. The average molecular weight is 236 g/mol. The Labute approximate surface area is 96.4 Å². The van der Waals surface area contributed by atoms with Gasteiger partial charge in [0.25, 0.3) is 0 Å². The van der Waals surface area contributed by atoms with E-state index in [9.17, 15) is 4.21 Å². The van der Waals surface area contributed by atoms with Gasteiger partial charge in [0.2, 0.25) is 0 Å². The van der Waals surface area contributed by atoms with Crippen molar-refractivity contribution in [3.8, 4) is 0 Å². The molecule has 0 aliphatic heterocycles. The normalized spacial score (nSPS) is 15.1. The summed E-state index contributed by atoms with van der Waals surface area (Å²) in [6, 6.07) is 0. The summed E-state index contributed by atoms with van der Waals surface area (Å²) in [4.78, 5) is 0. The minimum absolute atomic E-state index is 0.0199. The van der Waals surface area contributed by atoms with E-state index in [0.717, 1.165) is 25.7 Å². The number of rotatable bonds is 10. The molecule has 0 aromatic carbocycles. The molecule has 92 valence electrons. The van der Waals surface area contributed by atoms with Gasteiger partial charge in [-0.25, -0.2) is 0 Å². The van der Waals surface area contributed by atoms with Gasteiger partial charge < -0.3 is 0 Å². The Kier molecular flexibility index (Phi) is 10.6. The van der Waals surface area contributed by atoms with Gasteiger partial charge in [-0.05, 0) is 19.8 Å². The van der Waals surface area contributed by atoms with Crippen molar-refractivity contribution >= 4 is 11.4 Å². The van der Waals surface area contributed by atoms with Crippen molar-refractivity contribution in [3.05, 3.63) is 0 Å². The first-order valence-corrected chi connectivity index (χ1v) is 6.92. The molecule has 0 aromatic heterocycles. The molecule has 0 saturated carbocycles. The van der Waals surface area contributed by atoms with Gasteiger partial charge in [0.05, 0.1) is 12.7 Å². The lowest BCUT2D eigenvalue weighted by Crippen LogP contribution is -2.12. The van der Waals surface area contributed by atoms with E-state index in [1.54, 1.807) is 0 Å². The molecule has 0 bridgehead atoms. The van der Waals surface area contributed by atoms with Crippen molar-refractivity contribution in [2.24, 2.45) is 0 Å². The molecular formula is C11H24O3S. The Balaban J connectivity index is 3.32. The summed E-state index contributed by atoms with van der Waals surface area (Å²) in [5.74, 6) is 0. The largest absolute Gasteiger partial charge is 0.304 e. The van der Waals surface area contributed by atoms with E-state index in [-0.39, 0.29) is 6.10 Å². The SMILES string of the molecule is CCCCCCOS(=O)OC(C)CCC. The first-order valence-electron chi connectivity index (χ1n) is 5.92. The summed E-state index contributed by atoms with van der Waals surface area (Å²) in [5, 5.41) is 0. The van der Waals surface area contributed by atoms with E-state index < -0.39 is 11.4 Å². The Morgan fingerprint density at radius 1 is 1.13 bits per heavy atom. The van der Waals surface area contributed by atoms with Gasteiger partial charge in [0.1, 0.15) is 0 Å². The third kappa shape index (κ3) is 10.4. The summed E-state index contributed by atoms with van der Waals surface area (Å²) in [7, 11) is 0. The lowest BCUT2D eigenvalue weighted by atomic mass is 10.2. The molecule has 3 nitrogen and oxygen atoms in total. The van der Waals surface area contributed by atoms with E-state index >= 15 is 0 Å². The van der Waals surface area contributed by atoms with Gasteiger partial charge in [0.15, 0.2) is 0 Å². The molecule has 0 spiro atoms. The minimum atomic E-state index is -1.56. The molecule has 2 atom stereocenters. The first kappa shape index (κ1) is 15.1. The first-order chi connectivity index (χ1) is 7.20. The predicted octanol–water partition coefficient (Wildman–Crippen LogP) is 3.37. The Hall–Kier alpha value is 0.0700. The van der Waals surface area contributed by atoms with Crippen molar-refractivity contribution < 1.29 is 12.6 Å². The van der Waals surface area contributed by atoms with Crippen LogP contribution >= 0.6 is 0 Å². The maximum atomic E-state index is 11.2. The summed E-state index contributed by atoms with van der Waals surface area (Å²) in [6.07, 6.45) is 6.49. The zero-order chi connectivity index (χ0) is 11.5. The van der Waals surface area contributed by atoms with Crippen LogP contribution in [0.1, 0.15) is 59.3 Å². The summed E-state index contributed by atoms with van der Waals surface area (Å²) < 4.78 is 21.4. The summed E-state index contributed by atoms with van der Waals surface area (Å²) in [5.41, 5.74) is 0. The Morgan fingerprint density at radius 2 is 1.87 bits per heavy atom.